The lowest BCUT2D eigenvalue weighted by atomic mass is 10.1. The quantitative estimate of drug-likeness (QED) is 0.660. The highest BCUT2D eigenvalue weighted by Gasteiger charge is 2.22. The van der Waals surface area contributed by atoms with E-state index in [9.17, 15) is 4.79 Å². The minimum Gasteiger partial charge on any atom is -0.483 e. The van der Waals surface area contributed by atoms with Crippen LogP contribution in [0.4, 0.5) is 0 Å². The van der Waals surface area contributed by atoms with Gasteiger partial charge in [-0.05, 0) is 57.7 Å². The fourth-order valence-electron chi connectivity index (χ4n) is 3.56. The molecule has 2 aromatic carbocycles. The molecule has 1 amide bonds. The first-order chi connectivity index (χ1) is 14.1. The first kappa shape index (κ1) is 20.0. The molecule has 0 N–H and O–H groups in total. The fourth-order valence-corrected chi connectivity index (χ4v) is 4.11. The van der Waals surface area contributed by atoms with Crippen LogP contribution in [0.25, 0.3) is 0 Å². The third-order valence-corrected chi connectivity index (χ3v) is 5.94. The summed E-state index contributed by atoms with van der Waals surface area (Å²) in [5.41, 5.74) is 2.42. The predicted molar refractivity (Wildman–Crippen MR) is 113 cm³/mol. The van der Waals surface area contributed by atoms with E-state index >= 15 is 0 Å². The third-order valence-electron chi connectivity index (χ3n) is 5.32. The summed E-state index contributed by atoms with van der Waals surface area (Å²) in [6.07, 6.45) is 0.967. The number of halogens is 1. The Morgan fingerprint density at radius 3 is 2.55 bits per heavy atom. The van der Waals surface area contributed by atoms with Crippen molar-refractivity contribution in [2.24, 2.45) is 0 Å². The lowest BCUT2D eigenvalue weighted by Gasteiger charge is -2.34. The molecule has 0 spiro atoms. The molecule has 0 saturated carbocycles. The summed E-state index contributed by atoms with van der Waals surface area (Å²) in [6, 6.07) is 12.0. The molecule has 0 atom stereocenters. The number of ether oxygens (including phenoxy) is 3. The van der Waals surface area contributed by atoms with E-state index < -0.39 is 0 Å². The molecule has 2 heterocycles. The molecule has 0 aliphatic carbocycles. The molecule has 0 unspecified atom stereocenters. The van der Waals surface area contributed by atoms with Crippen molar-refractivity contribution in [3.05, 3.63) is 52.0 Å². The zero-order valence-electron chi connectivity index (χ0n) is 16.5. The molecule has 1 saturated heterocycles. The summed E-state index contributed by atoms with van der Waals surface area (Å²) in [6.45, 7) is 6.41. The summed E-state index contributed by atoms with van der Waals surface area (Å²) < 4.78 is 17.4. The van der Waals surface area contributed by atoms with Crippen LogP contribution in [0.5, 0.6) is 17.2 Å². The molecular formula is C22H25BrN2O4. The summed E-state index contributed by atoms with van der Waals surface area (Å²) in [7, 11) is 0. The van der Waals surface area contributed by atoms with E-state index in [4.69, 9.17) is 14.2 Å². The van der Waals surface area contributed by atoms with Crippen molar-refractivity contribution >= 4 is 21.8 Å². The zero-order chi connectivity index (χ0) is 20.2. The predicted octanol–water partition coefficient (Wildman–Crippen LogP) is 3.46. The van der Waals surface area contributed by atoms with Crippen molar-refractivity contribution in [2.75, 3.05) is 39.6 Å². The lowest BCUT2D eigenvalue weighted by Crippen LogP contribution is -2.49. The Hall–Kier alpha value is -2.25. The van der Waals surface area contributed by atoms with Gasteiger partial charge in [-0.1, -0.05) is 19.1 Å². The molecule has 0 bridgehead atoms. The van der Waals surface area contributed by atoms with Crippen LogP contribution >= 0.6 is 15.9 Å². The Balaban J connectivity index is 1.24. The van der Waals surface area contributed by atoms with Crippen molar-refractivity contribution in [1.82, 2.24) is 9.80 Å². The van der Waals surface area contributed by atoms with E-state index in [0.29, 0.717) is 25.6 Å². The summed E-state index contributed by atoms with van der Waals surface area (Å²) in [5.74, 6) is 2.35. The summed E-state index contributed by atoms with van der Waals surface area (Å²) in [5, 5.41) is 0. The highest BCUT2D eigenvalue weighted by molar-refractivity contribution is 9.10. The number of hydrogen-bond acceptors (Lipinski definition) is 5. The van der Waals surface area contributed by atoms with E-state index in [1.54, 1.807) is 0 Å². The van der Waals surface area contributed by atoms with Gasteiger partial charge in [0.2, 0.25) is 6.79 Å². The van der Waals surface area contributed by atoms with Gasteiger partial charge in [-0.3, -0.25) is 9.69 Å². The van der Waals surface area contributed by atoms with Gasteiger partial charge in [0.15, 0.2) is 18.1 Å². The average Bonchev–Trinajstić information content (AvgIpc) is 3.21. The molecule has 2 aliphatic heterocycles. The van der Waals surface area contributed by atoms with E-state index in [0.717, 1.165) is 42.0 Å². The van der Waals surface area contributed by atoms with Crippen LogP contribution in [-0.4, -0.2) is 55.3 Å². The summed E-state index contributed by atoms with van der Waals surface area (Å²) >= 11 is 3.52. The minimum absolute atomic E-state index is 0.0270. The third kappa shape index (κ3) is 4.85. The van der Waals surface area contributed by atoms with Crippen LogP contribution < -0.4 is 14.2 Å². The highest BCUT2D eigenvalue weighted by atomic mass is 79.9. The van der Waals surface area contributed by atoms with Crippen LogP contribution in [0, 0.1) is 0 Å². The van der Waals surface area contributed by atoms with Crippen molar-refractivity contribution in [2.45, 2.75) is 19.9 Å². The van der Waals surface area contributed by atoms with Crippen LogP contribution in [0.2, 0.25) is 0 Å². The van der Waals surface area contributed by atoms with Gasteiger partial charge in [0.05, 0.1) is 4.47 Å². The number of aryl methyl sites for hydroxylation is 1. The Morgan fingerprint density at radius 1 is 1.03 bits per heavy atom. The van der Waals surface area contributed by atoms with Gasteiger partial charge >= 0.3 is 0 Å². The van der Waals surface area contributed by atoms with Gasteiger partial charge in [0, 0.05) is 32.7 Å². The Kier molecular flexibility index (Phi) is 6.25. The largest absolute Gasteiger partial charge is 0.483 e. The van der Waals surface area contributed by atoms with E-state index in [-0.39, 0.29) is 12.5 Å². The maximum Gasteiger partial charge on any atom is 0.260 e. The Bertz CT molecular complexity index is 881. The molecule has 154 valence electrons. The van der Waals surface area contributed by atoms with Gasteiger partial charge in [0.1, 0.15) is 5.75 Å². The average molecular weight is 461 g/mol. The fraction of sp³-hybridized carbons (Fsp3) is 0.409. The minimum atomic E-state index is 0.0270. The molecule has 4 rings (SSSR count). The number of nitrogens with zero attached hydrogens (tertiary/aromatic N) is 2. The first-order valence-electron chi connectivity index (χ1n) is 9.92. The molecule has 2 aliphatic rings. The van der Waals surface area contributed by atoms with Gasteiger partial charge in [0.25, 0.3) is 5.91 Å². The summed E-state index contributed by atoms with van der Waals surface area (Å²) in [4.78, 5) is 16.8. The maximum absolute atomic E-state index is 12.5. The van der Waals surface area contributed by atoms with Gasteiger partial charge in [-0.2, -0.15) is 0 Å². The Labute approximate surface area is 179 Å². The number of carbonyl (C=O) groups excluding carboxylic acids is 1. The number of amides is 1. The molecule has 0 radical (unpaired) electrons. The highest BCUT2D eigenvalue weighted by Crippen LogP contribution is 2.33. The monoisotopic (exact) mass is 460 g/mol. The second-order valence-electron chi connectivity index (χ2n) is 7.25. The van der Waals surface area contributed by atoms with Crippen LogP contribution in [0.1, 0.15) is 18.1 Å². The number of benzene rings is 2. The van der Waals surface area contributed by atoms with Crippen molar-refractivity contribution < 1.29 is 19.0 Å². The number of carbonyl (C=O) groups is 1. The Morgan fingerprint density at radius 2 is 1.79 bits per heavy atom. The topological polar surface area (TPSA) is 51.2 Å². The number of rotatable bonds is 6. The number of piperazine rings is 1. The first-order valence-corrected chi connectivity index (χ1v) is 10.7. The van der Waals surface area contributed by atoms with Crippen LogP contribution in [-0.2, 0) is 17.8 Å². The molecule has 1 fully saturated rings. The lowest BCUT2D eigenvalue weighted by molar-refractivity contribution is -0.135. The zero-order valence-corrected chi connectivity index (χ0v) is 18.1. The molecular weight excluding hydrogens is 436 g/mol. The number of fused-ring (bicyclic) bond motifs is 1. The normalized spacial score (nSPS) is 16.1. The smallest absolute Gasteiger partial charge is 0.260 e. The SMILES string of the molecule is CCc1ccc(OCC(=O)N2CCN(Cc3ccc4c(c3)OCO4)CC2)c(Br)c1. The van der Waals surface area contributed by atoms with Crippen LogP contribution in [0.3, 0.4) is 0 Å². The molecule has 2 aromatic rings. The van der Waals surface area contributed by atoms with Gasteiger partial charge in [-0.25, -0.2) is 0 Å². The standard InChI is InChI=1S/C22H25BrN2O4/c1-2-16-3-5-19(18(23)11-16)27-14-22(26)25-9-7-24(8-10-25)13-17-4-6-20-21(12-17)29-15-28-20/h3-6,11-12H,2,7-10,13-15H2,1H3. The van der Waals surface area contributed by atoms with Gasteiger partial charge < -0.3 is 19.1 Å². The maximum atomic E-state index is 12.5. The van der Waals surface area contributed by atoms with Crippen molar-refractivity contribution in [3.63, 3.8) is 0 Å². The van der Waals surface area contributed by atoms with E-state index in [1.165, 1.54) is 11.1 Å². The second-order valence-corrected chi connectivity index (χ2v) is 8.11. The van der Waals surface area contributed by atoms with E-state index in [2.05, 4.69) is 33.8 Å². The van der Waals surface area contributed by atoms with Crippen LogP contribution in [0.15, 0.2) is 40.9 Å². The van der Waals surface area contributed by atoms with Crippen molar-refractivity contribution in [3.8, 4) is 17.2 Å². The van der Waals surface area contributed by atoms with Crippen molar-refractivity contribution in [1.29, 1.82) is 0 Å². The molecule has 7 heteroatoms. The second kappa shape index (κ2) is 9.05. The van der Waals surface area contributed by atoms with Gasteiger partial charge in [-0.15, -0.1) is 0 Å². The molecule has 0 aromatic heterocycles. The number of hydrogen-bond donors (Lipinski definition) is 0. The molecule has 29 heavy (non-hydrogen) atoms. The van der Waals surface area contributed by atoms with E-state index in [1.807, 2.05) is 35.2 Å². The molecule has 6 nitrogen and oxygen atoms in total.